The van der Waals surface area contributed by atoms with Crippen molar-refractivity contribution in [2.75, 3.05) is 19.8 Å². The van der Waals surface area contributed by atoms with E-state index in [1.807, 2.05) is 0 Å². The van der Waals surface area contributed by atoms with E-state index in [4.69, 9.17) is 18.5 Å². The number of ether oxygens (including phenoxy) is 2. The van der Waals surface area contributed by atoms with Crippen molar-refractivity contribution in [1.82, 2.24) is 0 Å². The monoisotopic (exact) mass is 282 g/mol. The Morgan fingerprint density at radius 1 is 1.06 bits per heavy atom. The lowest BCUT2D eigenvalue weighted by Crippen LogP contribution is -2.30. The lowest BCUT2D eigenvalue weighted by atomic mass is 10.7. The van der Waals surface area contributed by atoms with Crippen LogP contribution in [0.1, 0.15) is 27.7 Å². The molecule has 106 valence electrons. The van der Waals surface area contributed by atoms with Crippen molar-refractivity contribution < 1.29 is 32.7 Å². The highest BCUT2D eigenvalue weighted by atomic mass is 31.2. The molecule has 0 aliphatic heterocycles. The summed E-state index contributed by atoms with van der Waals surface area (Å²) in [6.07, 6.45) is 0. The molecule has 0 aliphatic carbocycles. The van der Waals surface area contributed by atoms with Crippen molar-refractivity contribution in [2.24, 2.45) is 0 Å². The van der Waals surface area contributed by atoms with E-state index < -0.39 is 25.4 Å². The Balaban J connectivity index is 5.15. The predicted octanol–water partition coefficient (Wildman–Crippen LogP) is 1.70. The molecule has 0 N–H and O–H groups in total. The maximum atomic E-state index is 12.3. The van der Waals surface area contributed by atoms with Crippen LogP contribution in [-0.2, 0) is 32.7 Å². The standard InChI is InChI=1S/C10H19O7P/c1-5-14-9(12)10(17-8(4)11)18(13,15-6-2)16-7-3/h10H,5-7H2,1-4H3/t10-/m1/s1. The fourth-order valence-electron chi connectivity index (χ4n) is 1.15. The topological polar surface area (TPSA) is 88.1 Å². The van der Waals surface area contributed by atoms with Crippen LogP contribution >= 0.6 is 7.60 Å². The maximum Gasteiger partial charge on any atom is 0.382 e. The van der Waals surface area contributed by atoms with Crippen molar-refractivity contribution >= 4 is 19.5 Å². The molecule has 0 heterocycles. The van der Waals surface area contributed by atoms with Gasteiger partial charge in [0, 0.05) is 6.92 Å². The van der Waals surface area contributed by atoms with Gasteiger partial charge in [0.05, 0.1) is 19.8 Å². The van der Waals surface area contributed by atoms with Gasteiger partial charge >= 0.3 is 19.5 Å². The van der Waals surface area contributed by atoms with Gasteiger partial charge in [0.1, 0.15) is 0 Å². The highest BCUT2D eigenvalue weighted by molar-refractivity contribution is 7.55. The summed E-state index contributed by atoms with van der Waals surface area (Å²) < 4.78 is 31.7. The lowest BCUT2D eigenvalue weighted by molar-refractivity contribution is -0.161. The summed E-state index contributed by atoms with van der Waals surface area (Å²) >= 11 is 0. The van der Waals surface area contributed by atoms with Gasteiger partial charge in [0.2, 0.25) is 0 Å². The first-order valence-corrected chi connectivity index (χ1v) is 7.25. The summed E-state index contributed by atoms with van der Waals surface area (Å²) in [5, 5.41) is 0. The molecule has 0 radical (unpaired) electrons. The fourth-order valence-corrected chi connectivity index (χ4v) is 2.82. The second kappa shape index (κ2) is 8.24. The fraction of sp³-hybridized carbons (Fsp3) is 0.800. The average molecular weight is 282 g/mol. The third-order valence-electron chi connectivity index (χ3n) is 1.67. The SMILES string of the molecule is CCOC(=O)[C@H](OC(C)=O)P(=O)(OCC)OCC. The van der Waals surface area contributed by atoms with Crippen LogP contribution < -0.4 is 0 Å². The van der Waals surface area contributed by atoms with Crippen LogP contribution in [-0.4, -0.2) is 37.6 Å². The summed E-state index contributed by atoms with van der Waals surface area (Å²) in [6, 6.07) is 0. The second-order valence-corrected chi connectivity index (χ2v) is 5.15. The Bertz CT molecular complexity index is 318. The van der Waals surface area contributed by atoms with Crippen LogP contribution in [0.5, 0.6) is 0 Å². The Morgan fingerprint density at radius 3 is 1.89 bits per heavy atom. The normalized spacial score (nSPS) is 12.9. The van der Waals surface area contributed by atoms with Gasteiger partial charge in [-0.05, 0) is 20.8 Å². The minimum Gasteiger partial charge on any atom is -0.463 e. The van der Waals surface area contributed by atoms with E-state index in [1.165, 1.54) is 0 Å². The zero-order chi connectivity index (χ0) is 14.2. The first kappa shape index (κ1) is 17.1. The van der Waals surface area contributed by atoms with E-state index in [2.05, 4.69) is 0 Å². The molecule has 7 nitrogen and oxygen atoms in total. The van der Waals surface area contributed by atoms with Gasteiger partial charge in [-0.25, -0.2) is 4.79 Å². The van der Waals surface area contributed by atoms with Crippen LogP contribution in [0.25, 0.3) is 0 Å². The molecule has 0 saturated heterocycles. The zero-order valence-corrected chi connectivity index (χ0v) is 11.9. The summed E-state index contributed by atoms with van der Waals surface area (Å²) in [4.78, 5) is 22.6. The predicted molar refractivity (Wildman–Crippen MR) is 63.0 cm³/mol. The van der Waals surface area contributed by atoms with Crippen LogP contribution in [0, 0.1) is 0 Å². The van der Waals surface area contributed by atoms with Crippen molar-refractivity contribution in [3.63, 3.8) is 0 Å². The zero-order valence-electron chi connectivity index (χ0n) is 11.0. The van der Waals surface area contributed by atoms with Crippen LogP contribution in [0.3, 0.4) is 0 Å². The molecule has 0 spiro atoms. The molecule has 0 aromatic rings. The van der Waals surface area contributed by atoms with Crippen LogP contribution in [0.4, 0.5) is 0 Å². The van der Waals surface area contributed by atoms with Crippen molar-refractivity contribution in [3.05, 3.63) is 0 Å². The average Bonchev–Trinajstić information content (AvgIpc) is 2.26. The third kappa shape index (κ3) is 5.16. The lowest BCUT2D eigenvalue weighted by Gasteiger charge is -2.23. The second-order valence-electron chi connectivity index (χ2n) is 3.09. The summed E-state index contributed by atoms with van der Waals surface area (Å²) in [7, 11) is -3.89. The van der Waals surface area contributed by atoms with Gasteiger partial charge in [-0.2, -0.15) is 0 Å². The molecule has 0 saturated carbocycles. The summed E-state index contributed by atoms with van der Waals surface area (Å²) in [5.41, 5.74) is 0. The smallest absolute Gasteiger partial charge is 0.382 e. The Morgan fingerprint density at radius 2 is 1.56 bits per heavy atom. The highest BCUT2D eigenvalue weighted by Crippen LogP contribution is 2.53. The largest absolute Gasteiger partial charge is 0.463 e. The van der Waals surface area contributed by atoms with Crippen molar-refractivity contribution in [3.8, 4) is 0 Å². The van der Waals surface area contributed by atoms with E-state index in [-0.39, 0.29) is 19.8 Å². The van der Waals surface area contributed by atoms with Gasteiger partial charge < -0.3 is 18.5 Å². The van der Waals surface area contributed by atoms with Gasteiger partial charge in [-0.15, -0.1) is 0 Å². The highest BCUT2D eigenvalue weighted by Gasteiger charge is 2.45. The van der Waals surface area contributed by atoms with Gasteiger partial charge in [-0.1, -0.05) is 0 Å². The Kier molecular flexibility index (Phi) is 7.82. The van der Waals surface area contributed by atoms with Crippen LogP contribution in [0.2, 0.25) is 0 Å². The third-order valence-corrected chi connectivity index (χ3v) is 3.80. The van der Waals surface area contributed by atoms with E-state index >= 15 is 0 Å². The molecule has 18 heavy (non-hydrogen) atoms. The number of hydrogen-bond acceptors (Lipinski definition) is 7. The molecule has 0 aromatic carbocycles. The molecular formula is C10H19O7P. The first-order chi connectivity index (χ1) is 8.41. The van der Waals surface area contributed by atoms with E-state index in [9.17, 15) is 14.2 Å². The minimum atomic E-state index is -3.89. The number of rotatable bonds is 8. The summed E-state index contributed by atoms with van der Waals surface area (Å²) in [5.74, 6) is -3.40. The van der Waals surface area contributed by atoms with E-state index in [0.717, 1.165) is 6.92 Å². The minimum absolute atomic E-state index is 0.0500. The van der Waals surface area contributed by atoms with E-state index in [1.54, 1.807) is 20.8 Å². The molecule has 0 aromatic heterocycles. The molecule has 1 atom stereocenters. The van der Waals surface area contributed by atoms with E-state index in [0.29, 0.717) is 0 Å². The Hall–Kier alpha value is -0.910. The summed E-state index contributed by atoms with van der Waals surface area (Å²) in [6.45, 7) is 6.00. The maximum absolute atomic E-state index is 12.3. The molecule has 0 unspecified atom stereocenters. The molecular weight excluding hydrogens is 263 g/mol. The van der Waals surface area contributed by atoms with Gasteiger partial charge in [-0.3, -0.25) is 9.36 Å². The molecule has 0 fully saturated rings. The van der Waals surface area contributed by atoms with Gasteiger partial charge in [0.15, 0.2) is 0 Å². The van der Waals surface area contributed by atoms with Crippen LogP contribution in [0.15, 0.2) is 0 Å². The molecule has 0 rings (SSSR count). The number of esters is 2. The molecule has 8 heteroatoms. The first-order valence-electron chi connectivity index (χ1n) is 5.63. The van der Waals surface area contributed by atoms with Gasteiger partial charge in [0.25, 0.3) is 5.85 Å². The number of hydrogen-bond donors (Lipinski definition) is 0. The number of carbonyl (C=O) groups is 2. The molecule has 0 amide bonds. The quantitative estimate of drug-likeness (QED) is 0.494. The Labute approximate surface area is 106 Å². The van der Waals surface area contributed by atoms with Crippen molar-refractivity contribution in [1.29, 1.82) is 0 Å². The molecule has 0 aliphatic rings. The van der Waals surface area contributed by atoms with Crippen molar-refractivity contribution in [2.45, 2.75) is 33.5 Å². The molecule has 0 bridgehead atoms. The number of carbonyl (C=O) groups excluding carboxylic acids is 2.